The molecule has 5 aromatic rings. The number of aromatic amines is 1. The lowest BCUT2D eigenvalue weighted by Gasteiger charge is -2.07. The summed E-state index contributed by atoms with van der Waals surface area (Å²) in [4.78, 5) is 36.1. The van der Waals surface area contributed by atoms with Crippen molar-refractivity contribution in [2.24, 2.45) is 0 Å². The molecule has 0 aliphatic heterocycles. The van der Waals surface area contributed by atoms with Gasteiger partial charge >= 0.3 is 0 Å². The molecular formula is C23H20N4O2S2. The number of nitrogens with zero attached hydrogens (tertiary/aromatic N) is 2. The standard InChI is InChI=1S/C23H20N4O2S2/c1-14-6-7-19(31-14)17-12-30-22-21(17)23(29)27(13-26-22)11-20(28)24-9-8-15-10-25-18-5-3-2-4-16(15)18/h2-7,10,12-13,25H,8-9,11H2,1H3,(H,24,28). The molecule has 0 bridgehead atoms. The second-order valence-electron chi connectivity index (χ2n) is 7.38. The summed E-state index contributed by atoms with van der Waals surface area (Å²) in [5, 5.41) is 6.63. The number of thiophene rings is 2. The Balaban J connectivity index is 1.30. The lowest BCUT2D eigenvalue weighted by Crippen LogP contribution is -2.33. The van der Waals surface area contributed by atoms with E-state index in [4.69, 9.17) is 0 Å². The smallest absolute Gasteiger partial charge is 0.263 e. The SMILES string of the molecule is Cc1ccc(-c2csc3ncn(CC(=O)NCCc4c[nH]c5ccccc45)c(=O)c23)s1. The van der Waals surface area contributed by atoms with Gasteiger partial charge in [0.15, 0.2) is 0 Å². The van der Waals surface area contributed by atoms with E-state index < -0.39 is 0 Å². The van der Waals surface area contributed by atoms with Crippen LogP contribution in [0, 0.1) is 6.92 Å². The maximum Gasteiger partial charge on any atom is 0.263 e. The fourth-order valence-electron chi connectivity index (χ4n) is 3.73. The van der Waals surface area contributed by atoms with E-state index in [2.05, 4.69) is 21.4 Å². The van der Waals surface area contributed by atoms with Gasteiger partial charge in [-0.25, -0.2) is 4.98 Å². The molecule has 0 aliphatic rings. The Morgan fingerprint density at radius 3 is 2.94 bits per heavy atom. The predicted octanol–water partition coefficient (Wildman–Crippen LogP) is 4.34. The molecule has 0 saturated carbocycles. The van der Waals surface area contributed by atoms with Crippen LogP contribution in [0.3, 0.4) is 0 Å². The number of aryl methyl sites for hydroxylation is 1. The summed E-state index contributed by atoms with van der Waals surface area (Å²) in [6, 6.07) is 12.2. The quantitative estimate of drug-likeness (QED) is 0.406. The van der Waals surface area contributed by atoms with Crippen LogP contribution in [-0.4, -0.2) is 27.0 Å². The summed E-state index contributed by atoms with van der Waals surface area (Å²) in [6.07, 6.45) is 4.15. The molecule has 4 heterocycles. The van der Waals surface area contributed by atoms with Crippen LogP contribution in [-0.2, 0) is 17.8 Å². The van der Waals surface area contributed by atoms with E-state index in [1.807, 2.05) is 48.8 Å². The second kappa shape index (κ2) is 8.13. The average molecular weight is 449 g/mol. The number of benzene rings is 1. The third-order valence-electron chi connectivity index (χ3n) is 5.27. The first-order valence-electron chi connectivity index (χ1n) is 9.95. The molecule has 0 spiro atoms. The third-order valence-corrected chi connectivity index (χ3v) is 7.19. The van der Waals surface area contributed by atoms with Gasteiger partial charge in [-0.1, -0.05) is 18.2 Å². The van der Waals surface area contributed by atoms with Gasteiger partial charge in [0.2, 0.25) is 5.91 Å². The van der Waals surface area contributed by atoms with Crippen molar-refractivity contribution in [1.29, 1.82) is 0 Å². The fraction of sp³-hybridized carbons (Fsp3) is 0.174. The first kappa shape index (κ1) is 19.7. The number of aromatic nitrogens is 3. The monoisotopic (exact) mass is 448 g/mol. The molecule has 0 unspecified atom stereocenters. The summed E-state index contributed by atoms with van der Waals surface area (Å²) in [7, 11) is 0. The van der Waals surface area contributed by atoms with E-state index in [1.165, 1.54) is 27.1 Å². The van der Waals surface area contributed by atoms with E-state index >= 15 is 0 Å². The first-order chi connectivity index (χ1) is 15.1. The summed E-state index contributed by atoms with van der Waals surface area (Å²) in [6.45, 7) is 2.50. The molecule has 0 atom stereocenters. The fourth-order valence-corrected chi connectivity index (χ4v) is 5.59. The number of fused-ring (bicyclic) bond motifs is 2. The molecule has 1 aromatic carbocycles. The molecule has 0 fully saturated rings. The van der Waals surface area contributed by atoms with Gasteiger partial charge in [-0.3, -0.25) is 14.2 Å². The molecule has 31 heavy (non-hydrogen) atoms. The number of hydrogen-bond donors (Lipinski definition) is 2. The number of amides is 1. The van der Waals surface area contributed by atoms with Gasteiger partial charge < -0.3 is 10.3 Å². The topological polar surface area (TPSA) is 79.8 Å². The van der Waals surface area contributed by atoms with Gasteiger partial charge in [-0.05, 0) is 37.1 Å². The molecule has 4 aromatic heterocycles. The highest BCUT2D eigenvalue weighted by molar-refractivity contribution is 7.19. The van der Waals surface area contributed by atoms with Crippen LogP contribution < -0.4 is 10.9 Å². The average Bonchev–Trinajstić information content (AvgIpc) is 3.49. The Labute approximate surface area is 186 Å². The molecule has 0 saturated heterocycles. The number of carbonyl (C=O) groups excluding carboxylic acids is 1. The molecule has 0 radical (unpaired) electrons. The molecule has 0 aliphatic carbocycles. The van der Waals surface area contributed by atoms with Gasteiger partial charge in [0.05, 0.1) is 11.7 Å². The lowest BCUT2D eigenvalue weighted by atomic mass is 10.1. The number of nitrogens with one attached hydrogen (secondary N) is 2. The van der Waals surface area contributed by atoms with E-state index in [9.17, 15) is 9.59 Å². The number of hydrogen-bond acceptors (Lipinski definition) is 5. The van der Waals surface area contributed by atoms with Crippen LogP contribution in [0.25, 0.3) is 31.6 Å². The summed E-state index contributed by atoms with van der Waals surface area (Å²) in [5.41, 5.74) is 2.95. The summed E-state index contributed by atoms with van der Waals surface area (Å²) >= 11 is 3.10. The number of rotatable bonds is 6. The van der Waals surface area contributed by atoms with Gasteiger partial charge in [-0.2, -0.15) is 0 Å². The van der Waals surface area contributed by atoms with Gasteiger partial charge in [0.1, 0.15) is 11.4 Å². The highest BCUT2D eigenvalue weighted by Gasteiger charge is 2.15. The van der Waals surface area contributed by atoms with Crippen molar-refractivity contribution in [3.8, 4) is 10.4 Å². The predicted molar refractivity (Wildman–Crippen MR) is 127 cm³/mol. The Kier molecular flexibility index (Phi) is 5.17. The van der Waals surface area contributed by atoms with Crippen molar-refractivity contribution >= 4 is 49.7 Å². The highest BCUT2D eigenvalue weighted by atomic mass is 32.1. The lowest BCUT2D eigenvalue weighted by molar-refractivity contribution is -0.121. The van der Waals surface area contributed by atoms with Crippen molar-refractivity contribution in [1.82, 2.24) is 19.9 Å². The molecular weight excluding hydrogens is 428 g/mol. The van der Waals surface area contributed by atoms with Crippen LogP contribution in [0.2, 0.25) is 0 Å². The highest BCUT2D eigenvalue weighted by Crippen LogP contribution is 2.34. The molecule has 156 valence electrons. The summed E-state index contributed by atoms with van der Waals surface area (Å²) in [5.74, 6) is -0.202. The van der Waals surface area contributed by atoms with Crippen LogP contribution in [0.4, 0.5) is 0 Å². The van der Waals surface area contributed by atoms with Crippen LogP contribution in [0.1, 0.15) is 10.4 Å². The first-order valence-corrected chi connectivity index (χ1v) is 11.6. The maximum absolute atomic E-state index is 13.1. The number of carbonyl (C=O) groups is 1. The Hall–Kier alpha value is -3.23. The van der Waals surface area contributed by atoms with Gasteiger partial charge in [0.25, 0.3) is 5.56 Å². The molecule has 2 N–H and O–H groups in total. The van der Waals surface area contributed by atoms with E-state index in [0.717, 1.165) is 26.9 Å². The number of H-pyrrole nitrogens is 1. The van der Waals surface area contributed by atoms with Crippen molar-refractivity contribution in [2.45, 2.75) is 19.9 Å². The normalized spacial score (nSPS) is 11.4. The summed E-state index contributed by atoms with van der Waals surface area (Å²) < 4.78 is 1.39. The second-order valence-corrected chi connectivity index (χ2v) is 9.52. The molecule has 1 amide bonds. The van der Waals surface area contributed by atoms with Crippen LogP contribution in [0.5, 0.6) is 0 Å². The Morgan fingerprint density at radius 2 is 2.10 bits per heavy atom. The zero-order chi connectivity index (χ0) is 21.4. The molecule has 6 nitrogen and oxygen atoms in total. The van der Waals surface area contributed by atoms with Crippen molar-refractivity contribution in [3.05, 3.63) is 75.1 Å². The van der Waals surface area contributed by atoms with Crippen LogP contribution >= 0.6 is 22.7 Å². The van der Waals surface area contributed by atoms with Crippen molar-refractivity contribution < 1.29 is 4.79 Å². The zero-order valence-electron chi connectivity index (χ0n) is 16.8. The Bertz CT molecular complexity index is 1460. The minimum atomic E-state index is -0.202. The maximum atomic E-state index is 13.1. The van der Waals surface area contributed by atoms with E-state index in [-0.39, 0.29) is 18.0 Å². The third kappa shape index (κ3) is 3.80. The van der Waals surface area contributed by atoms with E-state index in [1.54, 1.807) is 11.3 Å². The van der Waals surface area contributed by atoms with Crippen molar-refractivity contribution in [3.63, 3.8) is 0 Å². The minimum Gasteiger partial charge on any atom is -0.361 e. The minimum absolute atomic E-state index is 0.0472. The largest absolute Gasteiger partial charge is 0.361 e. The molecule has 8 heteroatoms. The number of para-hydroxylation sites is 1. The van der Waals surface area contributed by atoms with Gasteiger partial charge in [0, 0.05) is 44.3 Å². The van der Waals surface area contributed by atoms with Crippen LogP contribution in [0.15, 0.2) is 59.1 Å². The Morgan fingerprint density at radius 1 is 1.23 bits per heavy atom. The van der Waals surface area contributed by atoms with E-state index in [0.29, 0.717) is 23.2 Å². The molecule has 5 rings (SSSR count). The van der Waals surface area contributed by atoms with Crippen molar-refractivity contribution in [2.75, 3.05) is 6.54 Å². The zero-order valence-corrected chi connectivity index (χ0v) is 18.5. The van der Waals surface area contributed by atoms with Gasteiger partial charge in [-0.15, -0.1) is 22.7 Å².